The maximum atomic E-state index is 11.4. The van der Waals surface area contributed by atoms with Crippen molar-refractivity contribution < 1.29 is 9.53 Å². The van der Waals surface area contributed by atoms with Gasteiger partial charge in [-0.2, -0.15) is 0 Å². The molecule has 0 aliphatic carbocycles. The van der Waals surface area contributed by atoms with Crippen LogP contribution in [0.25, 0.3) is 0 Å². The van der Waals surface area contributed by atoms with Crippen LogP contribution in [0.15, 0.2) is 0 Å². The molecule has 0 amide bonds. The lowest BCUT2D eigenvalue weighted by Gasteiger charge is -2.28. The number of Topliss-reactive ketones (excluding diaryl/α,β-unsaturated/α-hetero) is 1. The quantitative estimate of drug-likeness (QED) is 0.684. The molecule has 0 saturated carbocycles. The van der Waals surface area contributed by atoms with Crippen LogP contribution in [0.3, 0.4) is 0 Å². The standard InChI is InChI=1S/C11H21NO2/c1-9(13)11(12(2)3)8-10-4-6-14-7-5-10/h10-11H,4-8H2,1-3H3. The summed E-state index contributed by atoms with van der Waals surface area (Å²) >= 11 is 0. The number of nitrogens with zero attached hydrogens (tertiary/aromatic N) is 1. The van der Waals surface area contributed by atoms with E-state index in [2.05, 4.69) is 0 Å². The van der Waals surface area contributed by atoms with Gasteiger partial charge in [0, 0.05) is 13.2 Å². The third kappa shape index (κ3) is 3.39. The van der Waals surface area contributed by atoms with Crippen LogP contribution in [0.2, 0.25) is 0 Å². The van der Waals surface area contributed by atoms with Gasteiger partial charge in [-0.3, -0.25) is 9.69 Å². The van der Waals surface area contributed by atoms with E-state index in [9.17, 15) is 4.79 Å². The van der Waals surface area contributed by atoms with E-state index in [0.29, 0.717) is 5.92 Å². The van der Waals surface area contributed by atoms with Gasteiger partial charge >= 0.3 is 0 Å². The van der Waals surface area contributed by atoms with E-state index < -0.39 is 0 Å². The first kappa shape index (κ1) is 11.7. The fourth-order valence-electron chi connectivity index (χ4n) is 2.04. The van der Waals surface area contributed by atoms with Crippen LogP contribution < -0.4 is 0 Å². The van der Waals surface area contributed by atoms with Crippen molar-refractivity contribution in [2.75, 3.05) is 27.3 Å². The van der Waals surface area contributed by atoms with Crippen molar-refractivity contribution in [3.8, 4) is 0 Å². The lowest BCUT2D eigenvalue weighted by molar-refractivity contribution is -0.122. The Labute approximate surface area is 86.4 Å². The minimum absolute atomic E-state index is 0.0955. The molecule has 0 N–H and O–H groups in total. The Morgan fingerprint density at radius 1 is 1.43 bits per heavy atom. The fraction of sp³-hybridized carbons (Fsp3) is 0.909. The predicted octanol–water partition coefficient (Wildman–Crippen LogP) is 1.32. The molecule has 1 atom stereocenters. The highest BCUT2D eigenvalue weighted by Gasteiger charge is 2.23. The second-order valence-electron chi connectivity index (χ2n) is 4.38. The summed E-state index contributed by atoms with van der Waals surface area (Å²) in [5.74, 6) is 0.946. The van der Waals surface area contributed by atoms with E-state index in [-0.39, 0.29) is 11.8 Å². The highest BCUT2D eigenvalue weighted by Crippen LogP contribution is 2.21. The molecule has 0 radical (unpaired) electrons. The summed E-state index contributed by atoms with van der Waals surface area (Å²) in [6.45, 7) is 3.41. The summed E-state index contributed by atoms with van der Waals surface area (Å²) in [4.78, 5) is 13.4. The van der Waals surface area contributed by atoms with Gasteiger partial charge in [-0.15, -0.1) is 0 Å². The Balaban J connectivity index is 2.41. The van der Waals surface area contributed by atoms with E-state index >= 15 is 0 Å². The number of likely N-dealkylation sites (N-methyl/N-ethyl adjacent to an activating group) is 1. The topological polar surface area (TPSA) is 29.5 Å². The molecule has 1 fully saturated rings. The summed E-state index contributed by atoms with van der Waals surface area (Å²) < 4.78 is 5.30. The average Bonchev–Trinajstić information content (AvgIpc) is 2.15. The SMILES string of the molecule is CC(=O)C(CC1CCOCC1)N(C)C. The van der Waals surface area contributed by atoms with Crippen molar-refractivity contribution in [1.82, 2.24) is 4.90 Å². The van der Waals surface area contributed by atoms with Crippen LogP contribution in [0.5, 0.6) is 0 Å². The Bertz CT molecular complexity index is 186. The molecule has 1 saturated heterocycles. The van der Waals surface area contributed by atoms with Gasteiger partial charge in [0.05, 0.1) is 6.04 Å². The van der Waals surface area contributed by atoms with E-state index in [1.807, 2.05) is 19.0 Å². The van der Waals surface area contributed by atoms with Crippen LogP contribution in [0.4, 0.5) is 0 Å². The molecule has 1 unspecified atom stereocenters. The molecule has 0 aromatic heterocycles. The number of carbonyl (C=O) groups excluding carboxylic acids is 1. The van der Waals surface area contributed by atoms with E-state index in [4.69, 9.17) is 4.74 Å². The number of hydrogen-bond donors (Lipinski definition) is 0. The van der Waals surface area contributed by atoms with E-state index in [1.165, 1.54) is 0 Å². The van der Waals surface area contributed by atoms with Crippen molar-refractivity contribution >= 4 is 5.78 Å². The summed E-state index contributed by atoms with van der Waals surface area (Å²) in [7, 11) is 3.96. The number of rotatable bonds is 4. The van der Waals surface area contributed by atoms with Gasteiger partial charge in [-0.05, 0) is 46.2 Å². The summed E-state index contributed by atoms with van der Waals surface area (Å²) in [5, 5.41) is 0. The molecule has 0 aromatic rings. The molecule has 0 aromatic carbocycles. The predicted molar refractivity (Wildman–Crippen MR) is 56.3 cm³/mol. The largest absolute Gasteiger partial charge is 0.381 e. The summed E-state index contributed by atoms with van der Waals surface area (Å²) in [6, 6.07) is 0.0955. The zero-order valence-electron chi connectivity index (χ0n) is 9.45. The van der Waals surface area contributed by atoms with Crippen LogP contribution in [-0.4, -0.2) is 44.0 Å². The van der Waals surface area contributed by atoms with Crippen LogP contribution in [-0.2, 0) is 9.53 Å². The Hall–Kier alpha value is -0.410. The normalized spacial score (nSPS) is 21.1. The van der Waals surface area contributed by atoms with Crippen molar-refractivity contribution in [3.05, 3.63) is 0 Å². The fourth-order valence-corrected chi connectivity index (χ4v) is 2.04. The molecule has 82 valence electrons. The average molecular weight is 199 g/mol. The maximum absolute atomic E-state index is 11.4. The number of ketones is 1. The smallest absolute Gasteiger partial charge is 0.146 e. The molecule has 14 heavy (non-hydrogen) atoms. The highest BCUT2D eigenvalue weighted by molar-refractivity contribution is 5.81. The number of carbonyl (C=O) groups is 1. The lowest BCUT2D eigenvalue weighted by Crippen LogP contribution is -2.37. The van der Waals surface area contributed by atoms with Crippen molar-refractivity contribution in [1.29, 1.82) is 0 Å². The van der Waals surface area contributed by atoms with Gasteiger partial charge in [-0.1, -0.05) is 0 Å². The molecule has 1 aliphatic heterocycles. The summed E-state index contributed by atoms with van der Waals surface area (Å²) in [6.07, 6.45) is 3.21. The molecule has 3 nitrogen and oxygen atoms in total. The van der Waals surface area contributed by atoms with Gasteiger partial charge in [0.15, 0.2) is 0 Å². The van der Waals surface area contributed by atoms with Crippen LogP contribution >= 0.6 is 0 Å². The Kier molecular flexibility index (Phi) is 4.55. The van der Waals surface area contributed by atoms with Crippen molar-refractivity contribution in [2.45, 2.75) is 32.2 Å². The van der Waals surface area contributed by atoms with Gasteiger partial charge in [0.1, 0.15) is 5.78 Å². The Morgan fingerprint density at radius 3 is 2.43 bits per heavy atom. The number of ether oxygens (including phenoxy) is 1. The molecular weight excluding hydrogens is 178 g/mol. The molecule has 0 spiro atoms. The minimum Gasteiger partial charge on any atom is -0.381 e. The molecule has 3 heteroatoms. The van der Waals surface area contributed by atoms with Gasteiger partial charge in [0.25, 0.3) is 0 Å². The third-order valence-corrected chi connectivity index (χ3v) is 2.99. The molecule has 1 aliphatic rings. The van der Waals surface area contributed by atoms with Crippen LogP contribution in [0, 0.1) is 5.92 Å². The number of hydrogen-bond acceptors (Lipinski definition) is 3. The first-order chi connectivity index (χ1) is 6.61. The second-order valence-corrected chi connectivity index (χ2v) is 4.38. The third-order valence-electron chi connectivity index (χ3n) is 2.99. The first-order valence-corrected chi connectivity index (χ1v) is 5.36. The summed E-state index contributed by atoms with van der Waals surface area (Å²) in [5.41, 5.74) is 0. The molecule has 1 heterocycles. The minimum atomic E-state index is 0.0955. The molecular formula is C11H21NO2. The Morgan fingerprint density at radius 2 is 2.00 bits per heavy atom. The second kappa shape index (κ2) is 5.47. The van der Waals surface area contributed by atoms with E-state index in [0.717, 1.165) is 32.5 Å². The van der Waals surface area contributed by atoms with E-state index in [1.54, 1.807) is 6.92 Å². The zero-order valence-corrected chi connectivity index (χ0v) is 9.45. The van der Waals surface area contributed by atoms with Gasteiger partial charge in [0.2, 0.25) is 0 Å². The van der Waals surface area contributed by atoms with Gasteiger partial charge in [-0.25, -0.2) is 0 Å². The zero-order chi connectivity index (χ0) is 10.6. The van der Waals surface area contributed by atoms with Crippen LogP contribution in [0.1, 0.15) is 26.2 Å². The molecule has 0 bridgehead atoms. The maximum Gasteiger partial charge on any atom is 0.146 e. The highest BCUT2D eigenvalue weighted by atomic mass is 16.5. The molecule has 1 rings (SSSR count). The van der Waals surface area contributed by atoms with Crippen molar-refractivity contribution in [2.24, 2.45) is 5.92 Å². The van der Waals surface area contributed by atoms with Crippen molar-refractivity contribution in [3.63, 3.8) is 0 Å². The lowest BCUT2D eigenvalue weighted by atomic mass is 9.91. The first-order valence-electron chi connectivity index (χ1n) is 5.36. The monoisotopic (exact) mass is 199 g/mol. The van der Waals surface area contributed by atoms with Gasteiger partial charge < -0.3 is 4.74 Å².